The molecule has 0 aliphatic carbocycles. The number of benzene rings is 1. The van der Waals surface area contributed by atoms with Crippen LogP contribution in [-0.2, 0) is 11.3 Å². The second-order valence-electron chi connectivity index (χ2n) is 6.30. The van der Waals surface area contributed by atoms with Crippen molar-refractivity contribution in [3.05, 3.63) is 17.7 Å². The third-order valence-electron chi connectivity index (χ3n) is 3.09. The van der Waals surface area contributed by atoms with Crippen LogP contribution in [0.2, 0.25) is 0 Å². The minimum atomic E-state index is -0.0243. The summed E-state index contributed by atoms with van der Waals surface area (Å²) < 4.78 is 22.0. The van der Waals surface area contributed by atoms with Crippen molar-refractivity contribution in [2.75, 3.05) is 20.5 Å². The maximum Gasteiger partial charge on any atom is 0.231 e. The molecule has 0 bridgehead atoms. The molecule has 1 aliphatic heterocycles. The van der Waals surface area contributed by atoms with Gasteiger partial charge >= 0.3 is 0 Å². The zero-order valence-electron chi connectivity index (χ0n) is 13.5. The Morgan fingerprint density at radius 3 is 2.52 bits per heavy atom. The van der Waals surface area contributed by atoms with Gasteiger partial charge in [0.1, 0.15) is 11.9 Å². The minimum Gasteiger partial charge on any atom is -0.488 e. The summed E-state index contributed by atoms with van der Waals surface area (Å²) in [6, 6.07) is 3.88. The second kappa shape index (κ2) is 6.54. The fraction of sp³-hybridized carbons (Fsp3) is 0.625. The van der Waals surface area contributed by atoms with E-state index in [-0.39, 0.29) is 18.4 Å². The van der Waals surface area contributed by atoms with Gasteiger partial charge in [-0.2, -0.15) is 0 Å². The third-order valence-corrected chi connectivity index (χ3v) is 3.09. The van der Waals surface area contributed by atoms with E-state index < -0.39 is 0 Å². The monoisotopic (exact) mass is 295 g/mol. The highest BCUT2D eigenvalue weighted by Crippen LogP contribution is 2.38. The van der Waals surface area contributed by atoms with Crippen LogP contribution in [0.5, 0.6) is 17.2 Å². The molecule has 1 aromatic carbocycles. The number of nitrogens with one attached hydrogen (secondary N) is 1. The Labute approximate surface area is 126 Å². The lowest BCUT2D eigenvalue weighted by Crippen LogP contribution is -2.35. The molecule has 1 unspecified atom stereocenters. The molecule has 1 aromatic rings. The van der Waals surface area contributed by atoms with Gasteiger partial charge in [-0.1, -0.05) is 0 Å². The lowest BCUT2D eigenvalue weighted by atomic mass is 10.1. The molecule has 1 atom stereocenters. The fourth-order valence-corrected chi connectivity index (χ4v) is 2.06. The standard InChI is InChI=1S/C16H25NO4/c1-11(9-18-5)21-13-7-15-14(19-10-20-15)6-12(13)8-17-16(2,3)4/h6-7,11,17H,8-10H2,1-5H3. The van der Waals surface area contributed by atoms with Crippen LogP contribution >= 0.6 is 0 Å². The van der Waals surface area contributed by atoms with Crippen molar-refractivity contribution in [2.24, 2.45) is 0 Å². The fourth-order valence-electron chi connectivity index (χ4n) is 2.06. The van der Waals surface area contributed by atoms with Crippen LogP contribution in [0.15, 0.2) is 12.1 Å². The van der Waals surface area contributed by atoms with Crippen molar-refractivity contribution in [3.8, 4) is 17.2 Å². The van der Waals surface area contributed by atoms with E-state index in [1.807, 2.05) is 19.1 Å². The molecule has 1 aliphatic rings. The Kier molecular flexibility index (Phi) is 4.96. The molecule has 21 heavy (non-hydrogen) atoms. The van der Waals surface area contributed by atoms with Crippen LogP contribution in [0, 0.1) is 0 Å². The van der Waals surface area contributed by atoms with E-state index in [0.717, 1.165) is 22.8 Å². The Bertz CT molecular complexity index is 482. The van der Waals surface area contributed by atoms with Gasteiger partial charge in [-0.25, -0.2) is 0 Å². The van der Waals surface area contributed by atoms with E-state index in [4.69, 9.17) is 18.9 Å². The molecule has 1 N–H and O–H groups in total. The first-order chi connectivity index (χ1) is 9.89. The van der Waals surface area contributed by atoms with E-state index in [9.17, 15) is 0 Å². The van der Waals surface area contributed by atoms with Crippen LogP contribution in [0.1, 0.15) is 33.3 Å². The highest BCUT2D eigenvalue weighted by molar-refractivity contribution is 5.52. The third kappa shape index (κ3) is 4.51. The molecule has 0 saturated heterocycles. The molecule has 2 rings (SSSR count). The predicted molar refractivity (Wildman–Crippen MR) is 81.1 cm³/mol. The van der Waals surface area contributed by atoms with Crippen LogP contribution in [0.25, 0.3) is 0 Å². The summed E-state index contributed by atoms with van der Waals surface area (Å²) in [4.78, 5) is 0. The first-order valence-electron chi connectivity index (χ1n) is 7.22. The topological polar surface area (TPSA) is 49.0 Å². The highest BCUT2D eigenvalue weighted by Gasteiger charge is 2.20. The Hall–Kier alpha value is -1.46. The summed E-state index contributed by atoms with van der Waals surface area (Å²) >= 11 is 0. The highest BCUT2D eigenvalue weighted by atomic mass is 16.7. The second-order valence-corrected chi connectivity index (χ2v) is 6.30. The van der Waals surface area contributed by atoms with Gasteiger partial charge in [-0.3, -0.25) is 0 Å². The van der Waals surface area contributed by atoms with Crippen molar-refractivity contribution in [3.63, 3.8) is 0 Å². The molecule has 0 spiro atoms. The lowest BCUT2D eigenvalue weighted by molar-refractivity contribution is 0.0911. The zero-order valence-corrected chi connectivity index (χ0v) is 13.5. The van der Waals surface area contributed by atoms with Crippen molar-refractivity contribution in [1.82, 2.24) is 5.32 Å². The number of ether oxygens (including phenoxy) is 4. The van der Waals surface area contributed by atoms with Crippen LogP contribution in [0.3, 0.4) is 0 Å². The molecule has 0 fully saturated rings. The molecule has 5 nitrogen and oxygen atoms in total. The molecule has 0 saturated carbocycles. The molecule has 0 radical (unpaired) electrons. The molecule has 0 aromatic heterocycles. The quantitative estimate of drug-likeness (QED) is 0.874. The Morgan fingerprint density at radius 2 is 1.90 bits per heavy atom. The molecule has 5 heteroatoms. The summed E-state index contributed by atoms with van der Waals surface area (Å²) in [5.74, 6) is 2.31. The molecule has 1 heterocycles. The van der Waals surface area contributed by atoms with Crippen LogP contribution in [-0.4, -0.2) is 32.2 Å². The summed E-state index contributed by atoms with van der Waals surface area (Å²) in [5, 5.41) is 3.47. The molecule has 118 valence electrons. The average Bonchev–Trinajstić information content (AvgIpc) is 2.82. The number of fused-ring (bicyclic) bond motifs is 1. The Morgan fingerprint density at radius 1 is 1.24 bits per heavy atom. The van der Waals surface area contributed by atoms with Gasteiger partial charge < -0.3 is 24.3 Å². The van der Waals surface area contributed by atoms with Gasteiger partial charge in [-0.05, 0) is 33.8 Å². The normalized spacial score (nSPS) is 15.1. The van der Waals surface area contributed by atoms with E-state index in [2.05, 4.69) is 26.1 Å². The lowest BCUT2D eigenvalue weighted by Gasteiger charge is -2.23. The van der Waals surface area contributed by atoms with E-state index in [1.165, 1.54) is 0 Å². The van der Waals surface area contributed by atoms with E-state index in [1.54, 1.807) is 7.11 Å². The maximum absolute atomic E-state index is 5.98. The molecular weight excluding hydrogens is 270 g/mol. The SMILES string of the molecule is COCC(C)Oc1cc2c(cc1CNC(C)(C)C)OCO2. The number of rotatable bonds is 6. The van der Waals surface area contributed by atoms with Crippen LogP contribution in [0.4, 0.5) is 0 Å². The van der Waals surface area contributed by atoms with Gasteiger partial charge in [0.05, 0.1) is 6.61 Å². The summed E-state index contributed by atoms with van der Waals surface area (Å²) in [6.07, 6.45) is -0.0243. The molecule has 0 amide bonds. The summed E-state index contributed by atoms with van der Waals surface area (Å²) in [6.45, 7) is 9.89. The van der Waals surface area contributed by atoms with Crippen molar-refractivity contribution < 1.29 is 18.9 Å². The van der Waals surface area contributed by atoms with Crippen molar-refractivity contribution in [2.45, 2.75) is 45.9 Å². The zero-order chi connectivity index (χ0) is 15.5. The van der Waals surface area contributed by atoms with Crippen molar-refractivity contribution >= 4 is 0 Å². The van der Waals surface area contributed by atoms with Gasteiger partial charge in [0, 0.05) is 30.8 Å². The largest absolute Gasteiger partial charge is 0.488 e. The van der Waals surface area contributed by atoms with E-state index in [0.29, 0.717) is 13.2 Å². The summed E-state index contributed by atoms with van der Waals surface area (Å²) in [7, 11) is 1.67. The smallest absolute Gasteiger partial charge is 0.231 e. The predicted octanol–water partition coefficient (Wildman–Crippen LogP) is 2.72. The van der Waals surface area contributed by atoms with Gasteiger partial charge in [-0.15, -0.1) is 0 Å². The maximum atomic E-state index is 5.98. The first kappa shape index (κ1) is 15.9. The average molecular weight is 295 g/mol. The minimum absolute atomic E-state index is 0.0243. The Balaban J connectivity index is 2.19. The van der Waals surface area contributed by atoms with Gasteiger partial charge in [0.2, 0.25) is 6.79 Å². The first-order valence-corrected chi connectivity index (χ1v) is 7.22. The molecular formula is C16H25NO4. The number of hydrogen-bond donors (Lipinski definition) is 1. The van der Waals surface area contributed by atoms with E-state index >= 15 is 0 Å². The van der Waals surface area contributed by atoms with Gasteiger partial charge in [0.15, 0.2) is 11.5 Å². The number of methoxy groups -OCH3 is 1. The number of hydrogen-bond acceptors (Lipinski definition) is 5. The summed E-state index contributed by atoms with van der Waals surface area (Å²) in [5.41, 5.74) is 1.09. The van der Waals surface area contributed by atoms with Gasteiger partial charge in [0.25, 0.3) is 0 Å². The van der Waals surface area contributed by atoms with Crippen LogP contribution < -0.4 is 19.5 Å². The van der Waals surface area contributed by atoms with Crippen molar-refractivity contribution in [1.29, 1.82) is 0 Å².